The van der Waals surface area contributed by atoms with Crippen LogP contribution in [0.1, 0.15) is 23.3 Å². The zero-order valence-electron chi connectivity index (χ0n) is 12.9. The Morgan fingerprint density at radius 2 is 2.24 bits per heavy atom. The molecule has 1 spiro atoms. The third-order valence-corrected chi connectivity index (χ3v) is 6.20. The third kappa shape index (κ3) is 2.87. The van der Waals surface area contributed by atoms with Gasteiger partial charge in [0.2, 0.25) is 5.91 Å². The molecule has 116 valence electrons. The maximum absolute atomic E-state index is 12.0. The van der Waals surface area contributed by atoms with Crippen LogP contribution in [-0.2, 0) is 16.1 Å². The van der Waals surface area contributed by atoms with Gasteiger partial charge in [0, 0.05) is 30.5 Å². The number of carbonyl (C=O) groups excluding carboxylic acids is 1. The van der Waals surface area contributed by atoms with E-state index < -0.39 is 0 Å². The van der Waals surface area contributed by atoms with Gasteiger partial charge in [-0.3, -0.25) is 9.69 Å². The van der Waals surface area contributed by atoms with Gasteiger partial charge in [-0.1, -0.05) is 0 Å². The second-order valence-corrected chi connectivity index (χ2v) is 7.39. The second-order valence-electron chi connectivity index (χ2n) is 6.39. The van der Waals surface area contributed by atoms with Gasteiger partial charge in [-0.2, -0.15) is 0 Å². The van der Waals surface area contributed by atoms with Gasteiger partial charge in [-0.15, -0.1) is 11.3 Å². The number of piperidine rings is 1. The topological polar surface area (TPSA) is 41.6 Å². The summed E-state index contributed by atoms with van der Waals surface area (Å²) in [7, 11) is 1.69. The van der Waals surface area contributed by atoms with Crippen LogP contribution in [0.15, 0.2) is 11.4 Å². The molecule has 1 atom stereocenters. The number of methoxy groups -OCH3 is 1. The molecule has 1 aromatic rings. The maximum atomic E-state index is 12.0. The average molecular weight is 308 g/mol. The monoisotopic (exact) mass is 308 g/mol. The number of ether oxygens (including phenoxy) is 1. The maximum Gasteiger partial charge on any atom is 0.226 e. The van der Waals surface area contributed by atoms with Crippen molar-refractivity contribution in [2.75, 3.05) is 33.4 Å². The number of nitrogens with one attached hydrogen (secondary N) is 1. The summed E-state index contributed by atoms with van der Waals surface area (Å²) < 4.78 is 5.28. The SMILES string of the molecule is COCC1C(=O)NCC12CCN(Cc1sccc1C)CC2. The van der Waals surface area contributed by atoms with Gasteiger partial charge in [0.25, 0.3) is 0 Å². The van der Waals surface area contributed by atoms with E-state index in [-0.39, 0.29) is 17.2 Å². The summed E-state index contributed by atoms with van der Waals surface area (Å²) >= 11 is 1.85. The van der Waals surface area contributed by atoms with Crippen molar-refractivity contribution in [3.8, 4) is 0 Å². The summed E-state index contributed by atoms with van der Waals surface area (Å²) in [5.74, 6) is 0.215. The van der Waals surface area contributed by atoms with E-state index in [2.05, 4.69) is 28.6 Å². The number of hydrogen-bond acceptors (Lipinski definition) is 4. The van der Waals surface area contributed by atoms with Crippen LogP contribution in [0.25, 0.3) is 0 Å². The minimum absolute atomic E-state index is 0.0353. The molecule has 0 aromatic carbocycles. The first-order valence-electron chi connectivity index (χ1n) is 7.66. The van der Waals surface area contributed by atoms with Crippen molar-refractivity contribution in [1.29, 1.82) is 0 Å². The van der Waals surface area contributed by atoms with E-state index >= 15 is 0 Å². The third-order valence-electron chi connectivity index (χ3n) is 5.19. The Bertz CT molecular complexity index is 506. The van der Waals surface area contributed by atoms with Crippen molar-refractivity contribution in [1.82, 2.24) is 10.2 Å². The summed E-state index contributed by atoms with van der Waals surface area (Å²) in [6.07, 6.45) is 2.17. The molecule has 4 nitrogen and oxygen atoms in total. The van der Waals surface area contributed by atoms with Crippen LogP contribution in [0, 0.1) is 18.3 Å². The highest BCUT2D eigenvalue weighted by atomic mass is 32.1. The molecule has 1 N–H and O–H groups in total. The number of aryl methyl sites for hydroxylation is 1. The lowest BCUT2D eigenvalue weighted by Crippen LogP contribution is -2.45. The second kappa shape index (κ2) is 6.07. The lowest BCUT2D eigenvalue weighted by molar-refractivity contribution is -0.126. The molecular weight excluding hydrogens is 284 g/mol. The fraction of sp³-hybridized carbons (Fsp3) is 0.688. The van der Waals surface area contributed by atoms with Crippen molar-refractivity contribution in [3.63, 3.8) is 0 Å². The van der Waals surface area contributed by atoms with Gasteiger partial charge in [0.05, 0.1) is 12.5 Å². The smallest absolute Gasteiger partial charge is 0.226 e. The molecule has 1 unspecified atom stereocenters. The van der Waals surface area contributed by atoms with Crippen LogP contribution < -0.4 is 5.32 Å². The molecule has 3 heterocycles. The number of thiophene rings is 1. The van der Waals surface area contributed by atoms with Gasteiger partial charge >= 0.3 is 0 Å². The van der Waals surface area contributed by atoms with Gasteiger partial charge < -0.3 is 10.1 Å². The van der Waals surface area contributed by atoms with E-state index in [9.17, 15) is 4.79 Å². The summed E-state index contributed by atoms with van der Waals surface area (Å²) in [4.78, 5) is 16.0. The molecule has 0 bridgehead atoms. The van der Waals surface area contributed by atoms with Crippen LogP contribution in [0.2, 0.25) is 0 Å². The molecule has 2 aliphatic heterocycles. The molecule has 0 aliphatic carbocycles. The Morgan fingerprint density at radius 3 is 2.86 bits per heavy atom. The summed E-state index contributed by atoms with van der Waals surface area (Å²) in [5.41, 5.74) is 1.52. The molecule has 2 aliphatic rings. The number of hydrogen-bond donors (Lipinski definition) is 1. The fourth-order valence-electron chi connectivity index (χ4n) is 3.66. The predicted molar refractivity (Wildman–Crippen MR) is 84.4 cm³/mol. The van der Waals surface area contributed by atoms with Crippen LogP contribution in [0.4, 0.5) is 0 Å². The zero-order chi connectivity index (χ0) is 14.9. The standard InChI is InChI=1S/C16H24N2O2S/c1-12-3-8-21-14(12)9-18-6-4-16(5-7-18)11-17-15(19)13(16)10-20-2/h3,8,13H,4-7,9-11H2,1-2H3,(H,17,19). The van der Waals surface area contributed by atoms with E-state index in [1.807, 2.05) is 11.3 Å². The van der Waals surface area contributed by atoms with Crippen LogP contribution in [-0.4, -0.2) is 44.2 Å². The van der Waals surface area contributed by atoms with Crippen molar-refractivity contribution in [2.24, 2.45) is 11.3 Å². The molecule has 3 rings (SSSR count). The van der Waals surface area contributed by atoms with Crippen molar-refractivity contribution in [2.45, 2.75) is 26.3 Å². The van der Waals surface area contributed by atoms with E-state index in [0.717, 1.165) is 39.0 Å². The number of rotatable bonds is 4. The molecule has 21 heavy (non-hydrogen) atoms. The quantitative estimate of drug-likeness (QED) is 0.925. The van der Waals surface area contributed by atoms with Crippen LogP contribution in [0.5, 0.6) is 0 Å². The summed E-state index contributed by atoms with van der Waals surface area (Å²) in [5, 5.41) is 5.22. The first-order valence-corrected chi connectivity index (χ1v) is 8.54. The Labute approximate surface area is 130 Å². The molecular formula is C16H24N2O2S. The minimum atomic E-state index is 0.0353. The number of nitrogens with zero attached hydrogens (tertiary/aromatic N) is 1. The summed E-state index contributed by atoms with van der Waals surface area (Å²) in [6.45, 7) is 6.77. The lowest BCUT2D eigenvalue weighted by atomic mass is 9.71. The van der Waals surface area contributed by atoms with Gasteiger partial charge in [-0.05, 0) is 49.9 Å². The Balaban J connectivity index is 1.62. The number of amides is 1. The molecule has 0 radical (unpaired) electrons. The first-order chi connectivity index (χ1) is 10.1. The van der Waals surface area contributed by atoms with Crippen LogP contribution >= 0.6 is 11.3 Å². The molecule has 1 amide bonds. The van der Waals surface area contributed by atoms with Crippen molar-refractivity contribution < 1.29 is 9.53 Å². The molecule has 1 aromatic heterocycles. The minimum Gasteiger partial charge on any atom is -0.384 e. The Kier molecular flexibility index (Phi) is 4.33. The van der Waals surface area contributed by atoms with Gasteiger partial charge in [0.1, 0.15) is 0 Å². The Morgan fingerprint density at radius 1 is 1.48 bits per heavy atom. The largest absolute Gasteiger partial charge is 0.384 e. The lowest BCUT2D eigenvalue weighted by Gasteiger charge is -2.41. The van der Waals surface area contributed by atoms with Gasteiger partial charge in [0.15, 0.2) is 0 Å². The predicted octanol–water partition coefficient (Wildman–Crippen LogP) is 2.03. The van der Waals surface area contributed by atoms with E-state index in [1.54, 1.807) is 7.11 Å². The number of likely N-dealkylation sites (tertiary alicyclic amines) is 1. The highest BCUT2D eigenvalue weighted by Gasteiger charge is 2.49. The van der Waals surface area contributed by atoms with E-state index in [4.69, 9.17) is 4.74 Å². The van der Waals surface area contributed by atoms with Gasteiger partial charge in [-0.25, -0.2) is 0 Å². The van der Waals surface area contributed by atoms with E-state index in [1.165, 1.54) is 10.4 Å². The normalized spacial score (nSPS) is 25.4. The Hall–Kier alpha value is -0.910. The van der Waals surface area contributed by atoms with E-state index in [0.29, 0.717) is 6.61 Å². The highest BCUT2D eigenvalue weighted by molar-refractivity contribution is 7.10. The van der Waals surface area contributed by atoms with Crippen LogP contribution in [0.3, 0.4) is 0 Å². The molecule has 2 fully saturated rings. The fourth-order valence-corrected chi connectivity index (χ4v) is 4.61. The summed E-state index contributed by atoms with van der Waals surface area (Å²) in [6, 6.07) is 2.19. The zero-order valence-corrected chi connectivity index (χ0v) is 13.7. The number of carbonyl (C=O) groups is 1. The highest BCUT2D eigenvalue weighted by Crippen LogP contribution is 2.42. The molecule has 2 saturated heterocycles. The first kappa shape index (κ1) is 15.0. The van der Waals surface area contributed by atoms with Crippen molar-refractivity contribution in [3.05, 3.63) is 21.9 Å². The molecule has 0 saturated carbocycles. The van der Waals surface area contributed by atoms with Crippen molar-refractivity contribution >= 4 is 17.2 Å². The average Bonchev–Trinajstić information content (AvgIpc) is 3.01. The molecule has 5 heteroatoms.